The van der Waals surface area contributed by atoms with E-state index in [0.29, 0.717) is 12.1 Å². The molecular formula is C18H30N2O. The van der Waals surface area contributed by atoms with E-state index < -0.39 is 0 Å². The molecule has 1 heterocycles. The van der Waals surface area contributed by atoms with Crippen molar-refractivity contribution in [1.29, 1.82) is 0 Å². The van der Waals surface area contributed by atoms with Crippen molar-refractivity contribution in [3.8, 4) is 0 Å². The van der Waals surface area contributed by atoms with Gasteiger partial charge in [-0.2, -0.15) is 0 Å². The van der Waals surface area contributed by atoms with E-state index in [0.717, 1.165) is 32.7 Å². The molecule has 2 rings (SSSR count). The van der Waals surface area contributed by atoms with Crippen LogP contribution in [-0.4, -0.2) is 31.8 Å². The lowest BCUT2D eigenvalue weighted by atomic mass is 10.0. The minimum absolute atomic E-state index is 0.311. The van der Waals surface area contributed by atoms with Gasteiger partial charge >= 0.3 is 0 Å². The summed E-state index contributed by atoms with van der Waals surface area (Å²) >= 11 is 0. The Balaban J connectivity index is 2.23. The predicted octanol–water partition coefficient (Wildman–Crippen LogP) is 3.50. The molecule has 0 aliphatic carbocycles. The van der Waals surface area contributed by atoms with Gasteiger partial charge in [-0.25, -0.2) is 0 Å². The van der Waals surface area contributed by atoms with Crippen molar-refractivity contribution in [1.82, 2.24) is 5.32 Å². The van der Waals surface area contributed by atoms with Crippen LogP contribution in [0.3, 0.4) is 0 Å². The van der Waals surface area contributed by atoms with Crippen molar-refractivity contribution >= 4 is 5.69 Å². The zero-order valence-electron chi connectivity index (χ0n) is 14.0. The smallest absolute Gasteiger partial charge is 0.0723 e. The fourth-order valence-corrected chi connectivity index (χ4v) is 3.01. The molecule has 1 aliphatic rings. The normalized spacial score (nSPS) is 22.6. The number of ether oxygens (including phenoxy) is 1. The summed E-state index contributed by atoms with van der Waals surface area (Å²) in [6.07, 6.45) is 2.61. The van der Waals surface area contributed by atoms with Gasteiger partial charge in [-0.15, -0.1) is 0 Å². The number of morpholine rings is 1. The minimum Gasteiger partial charge on any atom is -0.375 e. The molecule has 1 fully saturated rings. The zero-order valence-corrected chi connectivity index (χ0v) is 14.0. The lowest BCUT2D eigenvalue weighted by Gasteiger charge is -2.41. The average Bonchev–Trinajstić information content (AvgIpc) is 2.48. The molecule has 0 radical (unpaired) electrons. The third-order valence-corrected chi connectivity index (χ3v) is 4.23. The first-order valence-electron chi connectivity index (χ1n) is 8.34. The lowest BCUT2D eigenvalue weighted by Crippen LogP contribution is -2.49. The van der Waals surface area contributed by atoms with Gasteiger partial charge in [0.15, 0.2) is 0 Å². The van der Waals surface area contributed by atoms with E-state index in [2.05, 4.69) is 56.1 Å². The Kier molecular flexibility index (Phi) is 6.07. The lowest BCUT2D eigenvalue weighted by molar-refractivity contribution is 0.0299. The largest absolute Gasteiger partial charge is 0.375 e. The molecule has 0 saturated carbocycles. The van der Waals surface area contributed by atoms with E-state index in [-0.39, 0.29) is 0 Å². The molecule has 3 heteroatoms. The molecular weight excluding hydrogens is 260 g/mol. The molecule has 1 N–H and O–H groups in total. The number of nitrogens with one attached hydrogen (secondary N) is 1. The number of nitrogens with zero attached hydrogens (tertiary/aromatic N) is 1. The number of anilines is 1. The highest BCUT2D eigenvalue weighted by atomic mass is 16.5. The van der Waals surface area contributed by atoms with Crippen LogP contribution in [0.2, 0.25) is 0 Å². The quantitative estimate of drug-likeness (QED) is 0.812. The molecule has 0 aromatic heterocycles. The highest BCUT2D eigenvalue weighted by Crippen LogP contribution is 2.28. The summed E-state index contributed by atoms with van der Waals surface area (Å²) < 4.78 is 5.84. The van der Waals surface area contributed by atoms with Gasteiger partial charge in [0, 0.05) is 18.8 Å². The summed E-state index contributed by atoms with van der Waals surface area (Å²) in [5.74, 6) is 0. The maximum atomic E-state index is 5.84. The predicted molar refractivity (Wildman–Crippen MR) is 90.0 cm³/mol. The van der Waals surface area contributed by atoms with Gasteiger partial charge in [-0.05, 0) is 44.9 Å². The van der Waals surface area contributed by atoms with Crippen LogP contribution in [0.25, 0.3) is 0 Å². The van der Waals surface area contributed by atoms with Crippen LogP contribution in [0, 0.1) is 6.92 Å². The second-order valence-corrected chi connectivity index (χ2v) is 6.17. The standard InChI is InChI=1S/C18H30N2O/c1-5-9-19-11-16-10-14(3)7-8-18(16)20-12-15(4)21-13-17(20)6-2/h7-8,10,15,17,19H,5-6,9,11-13H2,1-4H3. The summed E-state index contributed by atoms with van der Waals surface area (Å²) in [5.41, 5.74) is 4.13. The Morgan fingerprint density at radius 3 is 2.86 bits per heavy atom. The molecule has 3 nitrogen and oxygen atoms in total. The summed E-state index contributed by atoms with van der Waals surface area (Å²) in [5, 5.41) is 3.54. The Hall–Kier alpha value is -1.06. The van der Waals surface area contributed by atoms with Crippen LogP contribution in [0.4, 0.5) is 5.69 Å². The Bertz CT molecular complexity index is 447. The minimum atomic E-state index is 0.311. The second kappa shape index (κ2) is 7.81. The molecule has 2 unspecified atom stereocenters. The Morgan fingerprint density at radius 2 is 2.14 bits per heavy atom. The van der Waals surface area contributed by atoms with Crippen molar-refractivity contribution in [3.63, 3.8) is 0 Å². The van der Waals surface area contributed by atoms with Crippen molar-refractivity contribution in [2.45, 2.75) is 59.2 Å². The molecule has 0 bridgehead atoms. The van der Waals surface area contributed by atoms with E-state index in [1.807, 2.05) is 0 Å². The molecule has 21 heavy (non-hydrogen) atoms. The van der Waals surface area contributed by atoms with E-state index in [1.54, 1.807) is 0 Å². The van der Waals surface area contributed by atoms with E-state index in [4.69, 9.17) is 4.74 Å². The monoisotopic (exact) mass is 290 g/mol. The maximum Gasteiger partial charge on any atom is 0.0723 e. The first-order valence-corrected chi connectivity index (χ1v) is 8.34. The van der Waals surface area contributed by atoms with Gasteiger partial charge in [0.1, 0.15) is 0 Å². The first-order chi connectivity index (χ1) is 10.2. The SMILES string of the molecule is CCCNCc1cc(C)ccc1N1CC(C)OCC1CC. The van der Waals surface area contributed by atoms with Crippen LogP contribution in [-0.2, 0) is 11.3 Å². The van der Waals surface area contributed by atoms with Crippen molar-refractivity contribution in [2.24, 2.45) is 0 Å². The molecule has 0 amide bonds. The van der Waals surface area contributed by atoms with Gasteiger partial charge in [-0.1, -0.05) is 31.5 Å². The molecule has 1 saturated heterocycles. The van der Waals surface area contributed by atoms with Crippen LogP contribution >= 0.6 is 0 Å². The van der Waals surface area contributed by atoms with Crippen LogP contribution in [0.15, 0.2) is 18.2 Å². The van der Waals surface area contributed by atoms with E-state index in [9.17, 15) is 0 Å². The number of benzene rings is 1. The van der Waals surface area contributed by atoms with Crippen LogP contribution < -0.4 is 10.2 Å². The molecule has 1 aromatic carbocycles. The second-order valence-electron chi connectivity index (χ2n) is 6.17. The first kappa shape index (κ1) is 16.3. The third-order valence-electron chi connectivity index (χ3n) is 4.23. The Labute approximate surface area is 129 Å². The zero-order chi connectivity index (χ0) is 15.2. The maximum absolute atomic E-state index is 5.84. The van der Waals surface area contributed by atoms with Crippen molar-refractivity contribution in [3.05, 3.63) is 29.3 Å². The Morgan fingerprint density at radius 1 is 1.33 bits per heavy atom. The molecule has 2 atom stereocenters. The molecule has 118 valence electrons. The summed E-state index contributed by atoms with van der Waals surface area (Å²) in [7, 11) is 0. The number of aryl methyl sites for hydroxylation is 1. The molecule has 1 aromatic rings. The van der Waals surface area contributed by atoms with Crippen LogP contribution in [0.5, 0.6) is 0 Å². The van der Waals surface area contributed by atoms with E-state index in [1.165, 1.54) is 23.2 Å². The topological polar surface area (TPSA) is 24.5 Å². The highest BCUT2D eigenvalue weighted by Gasteiger charge is 2.27. The molecule has 1 aliphatic heterocycles. The van der Waals surface area contributed by atoms with Gasteiger partial charge in [0.2, 0.25) is 0 Å². The number of rotatable bonds is 6. The van der Waals surface area contributed by atoms with Gasteiger partial charge in [-0.3, -0.25) is 0 Å². The van der Waals surface area contributed by atoms with Gasteiger partial charge in [0.05, 0.1) is 18.8 Å². The van der Waals surface area contributed by atoms with Gasteiger partial charge < -0.3 is 15.0 Å². The van der Waals surface area contributed by atoms with E-state index >= 15 is 0 Å². The summed E-state index contributed by atoms with van der Waals surface area (Å²) in [6, 6.07) is 7.34. The van der Waals surface area contributed by atoms with Crippen molar-refractivity contribution < 1.29 is 4.74 Å². The third kappa shape index (κ3) is 4.21. The summed E-state index contributed by atoms with van der Waals surface area (Å²) in [6.45, 7) is 12.7. The summed E-state index contributed by atoms with van der Waals surface area (Å²) in [4.78, 5) is 2.55. The average molecular weight is 290 g/mol. The van der Waals surface area contributed by atoms with Crippen molar-refractivity contribution in [2.75, 3.05) is 24.6 Å². The molecule has 0 spiro atoms. The fourth-order valence-electron chi connectivity index (χ4n) is 3.01. The number of hydrogen-bond donors (Lipinski definition) is 1. The fraction of sp³-hybridized carbons (Fsp3) is 0.667. The number of hydrogen-bond acceptors (Lipinski definition) is 3. The van der Waals surface area contributed by atoms with Gasteiger partial charge in [0.25, 0.3) is 0 Å². The highest BCUT2D eigenvalue weighted by molar-refractivity contribution is 5.56. The van der Waals surface area contributed by atoms with Crippen LogP contribution in [0.1, 0.15) is 44.7 Å².